The number of rotatable bonds is 7. The maximum Gasteiger partial charge on any atom is 0.331 e. The molecule has 1 heterocycles. The monoisotopic (exact) mass is 450 g/mol. The molecule has 1 aromatic carbocycles. The van der Waals surface area contributed by atoms with Crippen molar-refractivity contribution in [1.29, 1.82) is 0 Å². The average Bonchev–Trinajstić information content (AvgIpc) is 3.06. The summed E-state index contributed by atoms with van der Waals surface area (Å²) >= 11 is 0. The molecule has 3 rings (SSSR count). The summed E-state index contributed by atoms with van der Waals surface area (Å²) in [5.74, 6) is -0.910. The zero-order valence-corrected chi connectivity index (χ0v) is 18.4. The lowest BCUT2D eigenvalue weighted by atomic mass is 10.1. The van der Waals surface area contributed by atoms with Gasteiger partial charge in [-0.15, -0.1) is 0 Å². The summed E-state index contributed by atoms with van der Waals surface area (Å²) in [7, 11) is -3.55. The molecule has 1 aliphatic heterocycles. The van der Waals surface area contributed by atoms with Gasteiger partial charge in [-0.3, -0.25) is 4.79 Å². The first-order chi connectivity index (χ1) is 14.9. The van der Waals surface area contributed by atoms with Gasteiger partial charge in [0.25, 0.3) is 5.91 Å². The number of carbonyl (C=O) groups is 2. The van der Waals surface area contributed by atoms with Crippen LogP contribution in [0, 0.1) is 0 Å². The summed E-state index contributed by atoms with van der Waals surface area (Å²) in [4.78, 5) is 24.1. The number of carbonyl (C=O) groups excluding carboxylic acids is 2. The van der Waals surface area contributed by atoms with Gasteiger partial charge >= 0.3 is 5.97 Å². The van der Waals surface area contributed by atoms with Crippen LogP contribution in [0.4, 0.5) is 0 Å². The van der Waals surface area contributed by atoms with Crippen LogP contribution in [-0.2, 0) is 29.1 Å². The number of amides is 1. The number of nitrogens with zero attached hydrogens (tertiary/aromatic N) is 1. The van der Waals surface area contributed by atoms with Gasteiger partial charge in [-0.05, 0) is 36.6 Å². The third kappa shape index (κ3) is 7.15. The topological polar surface area (TPSA) is 102 Å². The van der Waals surface area contributed by atoms with Gasteiger partial charge in [0.15, 0.2) is 6.61 Å². The van der Waals surface area contributed by atoms with Gasteiger partial charge in [0.1, 0.15) is 0 Å². The van der Waals surface area contributed by atoms with Gasteiger partial charge < -0.3 is 14.8 Å². The summed E-state index contributed by atoms with van der Waals surface area (Å²) in [5.41, 5.74) is 0.654. The number of esters is 1. The second-order valence-corrected chi connectivity index (χ2v) is 9.72. The maximum atomic E-state index is 12.6. The molecule has 1 aliphatic carbocycles. The number of sulfonamides is 1. The molecule has 1 aromatic rings. The Morgan fingerprint density at radius 2 is 1.71 bits per heavy atom. The Labute approximate surface area is 183 Å². The van der Waals surface area contributed by atoms with E-state index >= 15 is 0 Å². The molecule has 0 spiro atoms. The largest absolute Gasteiger partial charge is 0.452 e. The molecule has 31 heavy (non-hydrogen) atoms. The van der Waals surface area contributed by atoms with E-state index in [-0.39, 0.29) is 23.5 Å². The molecule has 2 aliphatic rings. The third-order valence-electron chi connectivity index (χ3n) is 5.47. The predicted molar refractivity (Wildman–Crippen MR) is 116 cm³/mol. The number of hydrogen-bond donors (Lipinski definition) is 1. The van der Waals surface area contributed by atoms with E-state index in [0.29, 0.717) is 31.9 Å². The standard InChI is InChI=1S/C22H30N2O6S/c25-21(23-19-5-3-1-2-4-6-19)17-30-22(26)12-9-18-7-10-20(11-8-18)31(27,28)24-13-15-29-16-14-24/h7-12,19H,1-6,13-17H2,(H,23,25). The van der Waals surface area contributed by atoms with Crippen molar-refractivity contribution in [2.45, 2.75) is 49.5 Å². The molecule has 9 heteroatoms. The molecule has 1 amide bonds. The summed E-state index contributed by atoms with van der Waals surface area (Å²) in [6.45, 7) is 1.15. The van der Waals surface area contributed by atoms with E-state index in [0.717, 1.165) is 25.7 Å². The van der Waals surface area contributed by atoms with Gasteiger partial charge in [0, 0.05) is 25.2 Å². The van der Waals surface area contributed by atoms with Crippen LogP contribution < -0.4 is 5.32 Å². The fraction of sp³-hybridized carbons (Fsp3) is 0.545. The fourth-order valence-corrected chi connectivity index (χ4v) is 5.14. The van der Waals surface area contributed by atoms with E-state index < -0.39 is 16.0 Å². The van der Waals surface area contributed by atoms with Crippen LogP contribution in [0.1, 0.15) is 44.1 Å². The second kappa shape index (κ2) is 11.4. The van der Waals surface area contributed by atoms with Crippen molar-refractivity contribution in [2.24, 2.45) is 0 Å². The van der Waals surface area contributed by atoms with E-state index in [2.05, 4.69) is 5.32 Å². The van der Waals surface area contributed by atoms with Crippen molar-refractivity contribution in [2.75, 3.05) is 32.9 Å². The molecule has 170 valence electrons. The first-order valence-electron chi connectivity index (χ1n) is 10.8. The van der Waals surface area contributed by atoms with Crippen molar-refractivity contribution >= 4 is 28.0 Å². The summed E-state index contributed by atoms with van der Waals surface area (Å²) in [5, 5.41) is 2.93. The molecule has 1 N–H and O–H groups in total. The van der Waals surface area contributed by atoms with Crippen LogP contribution in [0.2, 0.25) is 0 Å². The first-order valence-corrected chi connectivity index (χ1v) is 12.2. The third-order valence-corrected chi connectivity index (χ3v) is 7.38. The smallest absolute Gasteiger partial charge is 0.331 e. The van der Waals surface area contributed by atoms with Gasteiger partial charge in [-0.2, -0.15) is 4.31 Å². The van der Waals surface area contributed by atoms with Crippen LogP contribution >= 0.6 is 0 Å². The number of morpholine rings is 1. The second-order valence-electron chi connectivity index (χ2n) is 7.78. The Hall–Kier alpha value is -2.23. The van der Waals surface area contributed by atoms with Crippen LogP contribution in [0.25, 0.3) is 6.08 Å². The minimum Gasteiger partial charge on any atom is -0.452 e. The molecule has 0 unspecified atom stereocenters. The van der Waals surface area contributed by atoms with Gasteiger partial charge in [0.05, 0.1) is 18.1 Å². The summed E-state index contributed by atoms with van der Waals surface area (Å²) in [6.07, 6.45) is 9.31. The van der Waals surface area contributed by atoms with E-state index in [1.165, 1.54) is 41.4 Å². The maximum absolute atomic E-state index is 12.6. The van der Waals surface area contributed by atoms with E-state index in [4.69, 9.17) is 9.47 Å². The zero-order valence-electron chi connectivity index (χ0n) is 17.6. The number of hydrogen-bond acceptors (Lipinski definition) is 6. The summed E-state index contributed by atoms with van der Waals surface area (Å²) in [6, 6.07) is 6.43. The molecule has 2 fully saturated rings. The number of nitrogens with one attached hydrogen (secondary N) is 1. The Kier molecular flexibility index (Phi) is 8.62. The molecular formula is C22H30N2O6S. The average molecular weight is 451 g/mol. The van der Waals surface area contributed by atoms with Crippen molar-refractivity contribution in [1.82, 2.24) is 9.62 Å². The summed E-state index contributed by atoms with van der Waals surface area (Å²) < 4.78 is 36.8. The van der Waals surface area contributed by atoms with E-state index in [1.54, 1.807) is 12.1 Å². The number of ether oxygens (including phenoxy) is 2. The molecule has 0 radical (unpaired) electrons. The van der Waals surface area contributed by atoms with Crippen LogP contribution in [0.15, 0.2) is 35.2 Å². The van der Waals surface area contributed by atoms with Crippen LogP contribution in [-0.4, -0.2) is 63.6 Å². The van der Waals surface area contributed by atoms with E-state index in [9.17, 15) is 18.0 Å². The van der Waals surface area contributed by atoms with Crippen LogP contribution in [0.5, 0.6) is 0 Å². The quantitative estimate of drug-likeness (QED) is 0.388. The highest BCUT2D eigenvalue weighted by atomic mass is 32.2. The first kappa shape index (κ1) is 23.4. The predicted octanol–water partition coefficient (Wildman–Crippen LogP) is 2.10. The van der Waals surface area contributed by atoms with Crippen molar-refractivity contribution in [3.05, 3.63) is 35.9 Å². The normalized spacial score (nSPS) is 19.1. The highest BCUT2D eigenvalue weighted by Crippen LogP contribution is 2.18. The fourth-order valence-electron chi connectivity index (χ4n) is 3.73. The van der Waals surface area contributed by atoms with Crippen molar-refractivity contribution in [3.8, 4) is 0 Å². The highest BCUT2D eigenvalue weighted by molar-refractivity contribution is 7.89. The lowest BCUT2D eigenvalue weighted by Gasteiger charge is -2.26. The van der Waals surface area contributed by atoms with Gasteiger partial charge in [0.2, 0.25) is 10.0 Å². The number of benzene rings is 1. The van der Waals surface area contributed by atoms with Crippen molar-refractivity contribution < 1.29 is 27.5 Å². The van der Waals surface area contributed by atoms with Gasteiger partial charge in [-0.25, -0.2) is 13.2 Å². The molecule has 1 saturated heterocycles. The Morgan fingerprint density at radius 1 is 1.06 bits per heavy atom. The lowest BCUT2D eigenvalue weighted by Crippen LogP contribution is -2.40. The van der Waals surface area contributed by atoms with Crippen LogP contribution in [0.3, 0.4) is 0 Å². The molecular weight excluding hydrogens is 420 g/mol. The minimum atomic E-state index is -3.55. The zero-order chi connectivity index (χ0) is 22.1. The van der Waals surface area contributed by atoms with Gasteiger partial charge in [-0.1, -0.05) is 37.8 Å². The van der Waals surface area contributed by atoms with E-state index in [1.807, 2.05) is 0 Å². The SMILES string of the molecule is O=C(COC(=O)C=Cc1ccc(S(=O)(=O)N2CCOCC2)cc1)NC1CCCCCC1. The molecule has 0 atom stereocenters. The minimum absolute atomic E-state index is 0.163. The Balaban J connectivity index is 1.46. The lowest BCUT2D eigenvalue weighted by molar-refractivity contribution is -0.144. The van der Waals surface area contributed by atoms with Crippen molar-refractivity contribution in [3.63, 3.8) is 0 Å². The molecule has 8 nitrogen and oxygen atoms in total. The molecule has 0 aromatic heterocycles. The molecule has 0 bridgehead atoms. The Bertz CT molecular complexity index is 868. The highest BCUT2D eigenvalue weighted by Gasteiger charge is 2.26. The molecule has 1 saturated carbocycles. The Morgan fingerprint density at radius 3 is 2.35 bits per heavy atom.